The van der Waals surface area contributed by atoms with Gasteiger partial charge in [-0.15, -0.1) is 22.6 Å². The number of aliphatic hydroxyl groups excluding tert-OH is 1. The van der Waals surface area contributed by atoms with Crippen molar-refractivity contribution in [1.29, 1.82) is 0 Å². The molecule has 4 heterocycles. The lowest BCUT2D eigenvalue weighted by Gasteiger charge is -2.38. The summed E-state index contributed by atoms with van der Waals surface area (Å²) in [5.74, 6) is -0.347. The third kappa shape index (κ3) is 4.57. The summed E-state index contributed by atoms with van der Waals surface area (Å²) in [6, 6.07) is 3.51. The number of nitrogens with zero attached hydrogens (tertiary/aromatic N) is 4. The van der Waals surface area contributed by atoms with E-state index in [1.165, 1.54) is 0 Å². The molecule has 35 heavy (non-hydrogen) atoms. The maximum Gasteiger partial charge on any atom is 0.338 e. The van der Waals surface area contributed by atoms with Gasteiger partial charge in [0.05, 0.1) is 17.1 Å². The van der Waals surface area contributed by atoms with Gasteiger partial charge in [0.2, 0.25) is 25.2 Å². The molecule has 1 amide bonds. The Morgan fingerprint density at radius 2 is 1.86 bits per heavy atom. The van der Waals surface area contributed by atoms with E-state index < -0.39 is 21.4 Å². The minimum atomic E-state index is -3.46. The third-order valence-corrected chi connectivity index (χ3v) is 9.88. The van der Waals surface area contributed by atoms with Crippen molar-refractivity contribution >= 4 is 50.6 Å². The fraction of sp³-hybridized carbons (Fsp3) is 0.545. The largest absolute Gasteiger partial charge is 0.457 e. The number of hydrogen-bond donors (Lipinski definition) is 1. The zero-order chi connectivity index (χ0) is 24.3. The Kier molecular flexibility index (Phi) is 6.97. The number of anilines is 1. The maximum atomic E-state index is 13.3. The smallest absolute Gasteiger partial charge is 0.338 e. The molecule has 2 saturated heterocycles. The van der Waals surface area contributed by atoms with Crippen LogP contribution in [0.3, 0.4) is 0 Å². The number of piperidine rings is 1. The summed E-state index contributed by atoms with van der Waals surface area (Å²) < 4.78 is 28.4. The van der Waals surface area contributed by atoms with Crippen LogP contribution >= 0.6 is 23.7 Å². The number of aliphatic hydroxyl groups is 1. The molecular weight excluding hydrogens is 516 g/mol. The van der Waals surface area contributed by atoms with Gasteiger partial charge >= 0.3 is 5.97 Å². The van der Waals surface area contributed by atoms with Crippen LogP contribution in [0.15, 0.2) is 16.5 Å². The molecule has 1 aromatic carbocycles. The van der Waals surface area contributed by atoms with Crippen molar-refractivity contribution in [1.82, 2.24) is 15.1 Å². The molecule has 5 rings (SSSR count). The maximum absolute atomic E-state index is 13.3. The van der Waals surface area contributed by atoms with Gasteiger partial charge in [-0.05, 0) is 56.5 Å². The quantitative estimate of drug-likeness (QED) is 0.444. The van der Waals surface area contributed by atoms with Crippen molar-refractivity contribution in [3.8, 4) is 0 Å². The molecule has 0 bridgehead atoms. The third-order valence-electron chi connectivity index (χ3n) is 7.27. The van der Waals surface area contributed by atoms with E-state index in [0.29, 0.717) is 56.1 Å². The Bertz CT molecular complexity index is 1270. The van der Waals surface area contributed by atoms with Gasteiger partial charge in [-0.25, -0.2) is 13.2 Å². The second kappa shape index (κ2) is 9.40. The van der Waals surface area contributed by atoms with E-state index >= 15 is 0 Å². The molecule has 0 saturated carbocycles. The Morgan fingerprint density at radius 1 is 1.17 bits per heavy atom. The van der Waals surface area contributed by atoms with Crippen LogP contribution in [0, 0.1) is 12.3 Å². The van der Waals surface area contributed by atoms with Crippen molar-refractivity contribution in [3.63, 3.8) is 0 Å². The van der Waals surface area contributed by atoms with Gasteiger partial charge in [-0.1, -0.05) is 17.4 Å². The first-order valence-corrected chi connectivity index (χ1v) is 13.9. The van der Waals surface area contributed by atoms with Crippen molar-refractivity contribution < 1.29 is 27.9 Å². The highest BCUT2D eigenvalue weighted by Gasteiger charge is 2.49. The number of amides is 1. The zero-order valence-electron chi connectivity index (χ0n) is 19.4. The monoisotopic (exact) mass is 542 g/mol. The van der Waals surface area contributed by atoms with Crippen LogP contribution in [-0.2, 0) is 26.0 Å². The lowest BCUT2D eigenvalue weighted by Crippen LogP contribution is -2.45. The van der Waals surface area contributed by atoms with E-state index in [1.807, 2.05) is 6.92 Å². The van der Waals surface area contributed by atoms with Crippen molar-refractivity contribution in [2.75, 3.05) is 37.3 Å². The number of esters is 1. The van der Waals surface area contributed by atoms with Gasteiger partial charge in [0.25, 0.3) is 0 Å². The molecule has 1 aromatic heterocycles. The molecule has 3 aliphatic rings. The summed E-state index contributed by atoms with van der Waals surface area (Å²) in [5, 5.41) is 18.9. The van der Waals surface area contributed by atoms with Crippen molar-refractivity contribution in [2.24, 2.45) is 5.41 Å². The molecule has 1 spiro atoms. The minimum Gasteiger partial charge on any atom is -0.457 e. The van der Waals surface area contributed by atoms with Gasteiger partial charge in [0.15, 0.2) is 0 Å². The van der Waals surface area contributed by atoms with Crippen LogP contribution in [0.5, 0.6) is 0 Å². The Morgan fingerprint density at radius 3 is 2.51 bits per heavy atom. The highest BCUT2D eigenvalue weighted by atomic mass is 35.5. The number of carbonyl (C=O) groups is 2. The number of likely N-dealkylation sites (tertiary alicyclic amines) is 1. The van der Waals surface area contributed by atoms with Crippen LogP contribution in [-0.4, -0.2) is 72.9 Å². The van der Waals surface area contributed by atoms with Gasteiger partial charge in [-0.3, -0.25) is 9.69 Å². The zero-order valence-corrected chi connectivity index (χ0v) is 21.8. The van der Waals surface area contributed by atoms with E-state index in [1.54, 1.807) is 17.0 Å². The SMILES string of the molecule is Cc1c([C@@H](O)CN2CCC3(CC2)CCN(c2nnc(S(C)(=O)=O)s2)C3=O)ccc2c1COC2=O.Cl. The molecule has 190 valence electrons. The Hall–Kier alpha value is -2.12. The average Bonchev–Trinajstić information content (AvgIpc) is 3.49. The first kappa shape index (κ1) is 26.0. The second-order valence-electron chi connectivity index (χ2n) is 9.31. The van der Waals surface area contributed by atoms with E-state index in [9.17, 15) is 23.1 Å². The molecule has 1 N–H and O–H groups in total. The molecule has 3 aliphatic heterocycles. The second-order valence-corrected chi connectivity index (χ2v) is 12.5. The summed E-state index contributed by atoms with van der Waals surface area (Å²) in [6.45, 7) is 4.43. The van der Waals surface area contributed by atoms with Crippen LogP contribution in [0.1, 0.15) is 52.4 Å². The predicted molar refractivity (Wildman–Crippen MR) is 131 cm³/mol. The van der Waals surface area contributed by atoms with Gasteiger partial charge < -0.3 is 14.7 Å². The van der Waals surface area contributed by atoms with E-state index in [-0.39, 0.29) is 35.2 Å². The highest BCUT2D eigenvalue weighted by molar-refractivity contribution is 7.92. The van der Waals surface area contributed by atoms with E-state index in [4.69, 9.17) is 4.74 Å². The standard InChI is InChI=1S/C22H26N4O6S2.ClH/c1-13-14(3-4-15-16(13)12-32-18(15)28)17(27)11-25-8-5-22(6-9-25)7-10-26(19(22)29)20-23-24-21(33-20)34(2,30)31;/h3-4,17,27H,5-12H2,1-2H3;1H/t17-;/m0./s1. The fourth-order valence-corrected chi connectivity index (χ4v) is 6.79. The lowest BCUT2D eigenvalue weighted by molar-refractivity contribution is -0.128. The number of sulfone groups is 1. The molecular formula is C22H27ClN4O6S2. The van der Waals surface area contributed by atoms with Crippen molar-refractivity contribution in [2.45, 2.75) is 43.2 Å². The minimum absolute atomic E-state index is 0. The summed E-state index contributed by atoms with van der Waals surface area (Å²) in [4.78, 5) is 28.8. The predicted octanol–water partition coefficient (Wildman–Crippen LogP) is 1.89. The molecule has 10 nitrogen and oxygen atoms in total. The molecule has 0 aliphatic carbocycles. The molecule has 0 unspecified atom stereocenters. The molecule has 2 aromatic rings. The van der Waals surface area contributed by atoms with E-state index in [0.717, 1.165) is 34.3 Å². The number of carbonyl (C=O) groups excluding carboxylic acids is 2. The number of β-amino-alcohol motifs (C(OH)–C–C–N with tert-alkyl or cyclic N) is 1. The Balaban J connectivity index is 0.00000289. The number of benzene rings is 1. The summed E-state index contributed by atoms with van der Waals surface area (Å²) in [7, 11) is -3.46. The molecule has 0 radical (unpaired) electrons. The number of hydrogen-bond acceptors (Lipinski definition) is 10. The average molecular weight is 543 g/mol. The first-order valence-electron chi connectivity index (χ1n) is 11.1. The number of ether oxygens (including phenoxy) is 1. The van der Waals surface area contributed by atoms with Crippen molar-refractivity contribution in [3.05, 3.63) is 34.4 Å². The van der Waals surface area contributed by atoms with Gasteiger partial charge in [0, 0.05) is 24.9 Å². The number of rotatable bonds is 5. The Labute approximate surface area is 213 Å². The molecule has 13 heteroatoms. The van der Waals surface area contributed by atoms with Crippen LogP contribution in [0.4, 0.5) is 5.13 Å². The lowest BCUT2D eigenvalue weighted by atomic mass is 9.77. The normalized spacial score (nSPS) is 20.6. The summed E-state index contributed by atoms with van der Waals surface area (Å²) >= 11 is 0.926. The topological polar surface area (TPSA) is 130 Å². The first-order chi connectivity index (χ1) is 16.1. The fourth-order valence-electron chi connectivity index (χ4n) is 5.16. The number of fused-ring (bicyclic) bond motifs is 1. The van der Waals surface area contributed by atoms with Gasteiger partial charge in [-0.2, -0.15) is 0 Å². The molecule has 2 fully saturated rings. The van der Waals surface area contributed by atoms with Crippen LogP contribution < -0.4 is 4.90 Å². The summed E-state index contributed by atoms with van der Waals surface area (Å²) in [6.07, 6.45) is 2.39. The number of halogens is 1. The van der Waals surface area contributed by atoms with Gasteiger partial charge in [0.1, 0.15) is 6.61 Å². The highest BCUT2D eigenvalue weighted by Crippen LogP contribution is 2.44. The van der Waals surface area contributed by atoms with Crippen LogP contribution in [0.2, 0.25) is 0 Å². The van der Waals surface area contributed by atoms with Crippen LogP contribution in [0.25, 0.3) is 0 Å². The number of aromatic nitrogens is 2. The summed E-state index contributed by atoms with van der Waals surface area (Å²) in [5.41, 5.74) is 2.60. The molecule has 1 atom stereocenters. The number of cyclic esters (lactones) is 1. The van der Waals surface area contributed by atoms with E-state index in [2.05, 4.69) is 15.1 Å².